The SMILES string of the molecule is O=C(c1ccc(Br)cc1)c1cc(CCCc2ccccc2)c(O)c(O)c1O. The van der Waals surface area contributed by atoms with Gasteiger partial charge in [0.25, 0.3) is 0 Å². The molecule has 4 nitrogen and oxygen atoms in total. The summed E-state index contributed by atoms with van der Waals surface area (Å²) in [5.74, 6) is -2.06. The molecule has 0 unspecified atom stereocenters. The van der Waals surface area contributed by atoms with Gasteiger partial charge >= 0.3 is 0 Å². The van der Waals surface area contributed by atoms with Gasteiger partial charge in [0, 0.05) is 10.0 Å². The number of phenolic OH excluding ortho intramolecular Hbond substituents is 3. The molecule has 3 aromatic carbocycles. The highest BCUT2D eigenvalue weighted by atomic mass is 79.9. The summed E-state index contributed by atoms with van der Waals surface area (Å²) in [6, 6.07) is 18.1. The number of ketones is 1. The first-order chi connectivity index (χ1) is 13.0. The molecule has 0 bridgehead atoms. The molecule has 27 heavy (non-hydrogen) atoms. The lowest BCUT2D eigenvalue weighted by atomic mass is 9.96. The van der Waals surface area contributed by atoms with Gasteiger partial charge in [-0.3, -0.25) is 4.79 Å². The molecule has 0 aromatic heterocycles. The maximum atomic E-state index is 12.7. The fraction of sp³-hybridized carbons (Fsp3) is 0.136. The zero-order valence-corrected chi connectivity index (χ0v) is 16.1. The van der Waals surface area contributed by atoms with E-state index in [4.69, 9.17) is 0 Å². The monoisotopic (exact) mass is 426 g/mol. The Balaban J connectivity index is 1.84. The minimum Gasteiger partial charge on any atom is -0.504 e. The van der Waals surface area contributed by atoms with Crippen LogP contribution in [0.3, 0.4) is 0 Å². The summed E-state index contributed by atoms with van der Waals surface area (Å²) in [6.07, 6.45) is 2.00. The van der Waals surface area contributed by atoms with Gasteiger partial charge in [0.15, 0.2) is 17.3 Å². The van der Waals surface area contributed by atoms with Crippen molar-refractivity contribution in [3.05, 3.63) is 87.4 Å². The van der Waals surface area contributed by atoms with Crippen molar-refractivity contribution < 1.29 is 20.1 Å². The lowest BCUT2D eigenvalue weighted by Crippen LogP contribution is -2.03. The highest BCUT2D eigenvalue weighted by Gasteiger charge is 2.22. The molecular formula is C22H19BrO4. The first-order valence-electron chi connectivity index (χ1n) is 8.58. The van der Waals surface area contributed by atoms with Crippen molar-refractivity contribution in [2.24, 2.45) is 0 Å². The second-order valence-corrected chi connectivity index (χ2v) is 7.22. The van der Waals surface area contributed by atoms with Crippen molar-refractivity contribution in [2.75, 3.05) is 0 Å². The van der Waals surface area contributed by atoms with Crippen molar-refractivity contribution in [3.63, 3.8) is 0 Å². The molecular weight excluding hydrogens is 408 g/mol. The van der Waals surface area contributed by atoms with E-state index >= 15 is 0 Å². The van der Waals surface area contributed by atoms with E-state index in [0.717, 1.165) is 17.3 Å². The van der Waals surface area contributed by atoms with E-state index < -0.39 is 17.3 Å². The Morgan fingerprint density at radius 3 is 2.15 bits per heavy atom. The van der Waals surface area contributed by atoms with Gasteiger partial charge < -0.3 is 15.3 Å². The fourth-order valence-corrected chi connectivity index (χ4v) is 3.22. The number of aromatic hydroxyl groups is 3. The number of hydrogen-bond acceptors (Lipinski definition) is 4. The van der Waals surface area contributed by atoms with Crippen molar-refractivity contribution >= 4 is 21.7 Å². The van der Waals surface area contributed by atoms with Crippen LogP contribution in [0.25, 0.3) is 0 Å². The summed E-state index contributed by atoms with van der Waals surface area (Å²) < 4.78 is 0.832. The van der Waals surface area contributed by atoms with Gasteiger partial charge in [-0.15, -0.1) is 0 Å². The van der Waals surface area contributed by atoms with Crippen LogP contribution in [0.2, 0.25) is 0 Å². The summed E-state index contributed by atoms with van der Waals surface area (Å²) in [6.45, 7) is 0. The van der Waals surface area contributed by atoms with Crippen LogP contribution < -0.4 is 0 Å². The van der Waals surface area contributed by atoms with Crippen molar-refractivity contribution in [1.29, 1.82) is 0 Å². The molecule has 0 aliphatic carbocycles. The number of benzene rings is 3. The average molecular weight is 427 g/mol. The maximum absolute atomic E-state index is 12.7. The summed E-state index contributed by atoms with van der Waals surface area (Å²) >= 11 is 3.31. The number of carbonyl (C=O) groups excluding carboxylic acids is 1. The number of carbonyl (C=O) groups is 1. The molecule has 5 heteroatoms. The molecule has 0 aliphatic heterocycles. The highest BCUT2D eigenvalue weighted by molar-refractivity contribution is 9.10. The zero-order valence-electron chi connectivity index (χ0n) is 14.5. The van der Waals surface area contributed by atoms with Crippen LogP contribution in [0.5, 0.6) is 17.2 Å². The third kappa shape index (κ3) is 4.31. The summed E-state index contributed by atoms with van der Waals surface area (Å²) in [5.41, 5.74) is 1.96. The molecule has 0 radical (unpaired) electrons. The van der Waals surface area contributed by atoms with E-state index in [1.807, 2.05) is 30.3 Å². The van der Waals surface area contributed by atoms with Crippen LogP contribution in [0, 0.1) is 0 Å². The molecule has 0 saturated carbocycles. The number of phenols is 3. The third-order valence-corrected chi connectivity index (χ3v) is 4.96. The number of aryl methyl sites for hydroxylation is 2. The third-order valence-electron chi connectivity index (χ3n) is 4.43. The van der Waals surface area contributed by atoms with Crippen molar-refractivity contribution in [1.82, 2.24) is 0 Å². The topological polar surface area (TPSA) is 77.8 Å². The first kappa shape index (κ1) is 19.0. The first-order valence-corrected chi connectivity index (χ1v) is 9.37. The largest absolute Gasteiger partial charge is 0.504 e. The Kier molecular flexibility index (Phi) is 5.81. The van der Waals surface area contributed by atoms with Gasteiger partial charge in [-0.1, -0.05) is 46.3 Å². The van der Waals surface area contributed by atoms with E-state index in [9.17, 15) is 20.1 Å². The quantitative estimate of drug-likeness (QED) is 0.383. The van der Waals surface area contributed by atoms with Gasteiger partial charge in [0.1, 0.15) is 0 Å². The van der Waals surface area contributed by atoms with E-state index in [2.05, 4.69) is 15.9 Å². The molecule has 0 heterocycles. The fourth-order valence-electron chi connectivity index (χ4n) is 2.95. The molecule has 3 rings (SSSR count). The molecule has 138 valence electrons. The predicted molar refractivity (Wildman–Crippen MR) is 107 cm³/mol. The van der Waals surface area contributed by atoms with Crippen LogP contribution in [-0.4, -0.2) is 21.1 Å². The normalized spacial score (nSPS) is 10.7. The lowest BCUT2D eigenvalue weighted by Gasteiger charge is -2.12. The lowest BCUT2D eigenvalue weighted by molar-refractivity contribution is 0.103. The van der Waals surface area contributed by atoms with Crippen LogP contribution in [0.4, 0.5) is 0 Å². The molecule has 0 spiro atoms. The Labute approximate surface area is 165 Å². The summed E-state index contributed by atoms with van der Waals surface area (Å²) in [4.78, 5) is 12.7. The zero-order chi connectivity index (χ0) is 19.4. The van der Waals surface area contributed by atoms with Gasteiger partial charge in [-0.2, -0.15) is 0 Å². The van der Waals surface area contributed by atoms with Gasteiger partial charge in [0.05, 0.1) is 5.56 Å². The molecule has 0 saturated heterocycles. The highest BCUT2D eigenvalue weighted by Crippen LogP contribution is 2.41. The Morgan fingerprint density at radius 2 is 1.48 bits per heavy atom. The number of hydrogen-bond donors (Lipinski definition) is 3. The minimum atomic E-state index is -0.660. The predicted octanol–water partition coefficient (Wildman–Crippen LogP) is 4.97. The van der Waals surface area contributed by atoms with E-state index in [0.29, 0.717) is 17.5 Å². The molecule has 0 atom stereocenters. The second-order valence-electron chi connectivity index (χ2n) is 6.30. The molecule has 3 aromatic rings. The van der Waals surface area contributed by atoms with Gasteiger partial charge in [-0.25, -0.2) is 0 Å². The molecule has 0 amide bonds. The van der Waals surface area contributed by atoms with E-state index in [1.165, 1.54) is 11.6 Å². The Hall–Kier alpha value is -2.79. The van der Waals surface area contributed by atoms with E-state index in [1.54, 1.807) is 24.3 Å². The van der Waals surface area contributed by atoms with Gasteiger partial charge in [-0.05, 0) is 60.7 Å². The maximum Gasteiger partial charge on any atom is 0.201 e. The molecule has 0 fully saturated rings. The van der Waals surface area contributed by atoms with Gasteiger partial charge in [0.2, 0.25) is 5.75 Å². The van der Waals surface area contributed by atoms with E-state index in [-0.39, 0.29) is 11.3 Å². The number of rotatable bonds is 6. The van der Waals surface area contributed by atoms with Crippen LogP contribution >= 0.6 is 15.9 Å². The number of halogens is 1. The smallest absolute Gasteiger partial charge is 0.201 e. The van der Waals surface area contributed by atoms with Crippen LogP contribution in [0.1, 0.15) is 33.5 Å². The summed E-state index contributed by atoms with van der Waals surface area (Å²) in [5, 5.41) is 30.4. The van der Waals surface area contributed by atoms with Crippen molar-refractivity contribution in [3.8, 4) is 17.2 Å². The molecule has 0 aliphatic rings. The minimum absolute atomic E-state index is 0.0256. The Morgan fingerprint density at radius 1 is 0.815 bits per heavy atom. The molecule has 3 N–H and O–H groups in total. The average Bonchev–Trinajstić information content (AvgIpc) is 2.69. The Bertz CT molecular complexity index is 950. The summed E-state index contributed by atoms with van der Waals surface area (Å²) in [7, 11) is 0. The van der Waals surface area contributed by atoms with Crippen LogP contribution in [-0.2, 0) is 12.8 Å². The standard InChI is InChI=1S/C22H19BrO4/c23-17-11-9-15(10-12-17)19(24)18-13-16(20(25)22(27)21(18)26)8-4-7-14-5-2-1-3-6-14/h1-3,5-6,9-13,25-27H,4,7-8H2. The second kappa shape index (κ2) is 8.27. The van der Waals surface area contributed by atoms with Crippen molar-refractivity contribution in [2.45, 2.75) is 19.3 Å². The van der Waals surface area contributed by atoms with Crippen LogP contribution in [0.15, 0.2) is 65.1 Å².